The van der Waals surface area contributed by atoms with Crippen molar-refractivity contribution in [3.63, 3.8) is 0 Å². The van der Waals surface area contributed by atoms with Gasteiger partial charge < -0.3 is 4.74 Å². The third-order valence-electron chi connectivity index (χ3n) is 4.12. The van der Waals surface area contributed by atoms with E-state index < -0.39 is 0 Å². The second-order valence-electron chi connectivity index (χ2n) is 5.92. The highest BCUT2D eigenvalue weighted by atomic mass is 79.9. The SMILES string of the molecule is Cn1ncc2c1ncn1nc(-c3ccn(COc4ccc(Br)cc4)n3)nc21. The molecule has 4 aromatic heterocycles. The Kier molecular flexibility index (Phi) is 3.64. The van der Waals surface area contributed by atoms with E-state index in [9.17, 15) is 0 Å². The number of benzene rings is 1. The predicted octanol–water partition coefficient (Wildman–Crippen LogP) is 2.67. The molecule has 5 aromatic rings. The van der Waals surface area contributed by atoms with Gasteiger partial charge in [0.25, 0.3) is 0 Å². The largest absolute Gasteiger partial charge is 0.471 e. The number of nitrogens with zero attached hydrogens (tertiary/aromatic N) is 8. The molecule has 0 unspecified atom stereocenters. The zero-order valence-corrected chi connectivity index (χ0v) is 15.8. The molecule has 0 spiro atoms. The minimum atomic E-state index is 0.295. The van der Waals surface area contributed by atoms with Gasteiger partial charge >= 0.3 is 0 Å². The van der Waals surface area contributed by atoms with Crippen LogP contribution in [0, 0.1) is 0 Å². The van der Waals surface area contributed by atoms with Crippen LogP contribution in [0.2, 0.25) is 0 Å². The van der Waals surface area contributed by atoms with Crippen molar-refractivity contribution < 1.29 is 4.74 Å². The summed E-state index contributed by atoms with van der Waals surface area (Å²) < 4.78 is 11.8. The molecule has 0 N–H and O–H groups in total. The Bertz CT molecular complexity index is 1250. The van der Waals surface area contributed by atoms with Crippen molar-refractivity contribution in [1.82, 2.24) is 39.1 Å². The van der Waals surface area contributed by atoms with E-state index in [1.54, 1.807) is 26.4 Å². The maximum absolute atomic E-state index is 5.73. The van der Waals surface area contributed by atoms with E-state index in [2.05, 4.69) is 41.2 Å². The first-order valence-corrected chi connectivity index (χ1v) is 8.92. The van der Waals surface area contributed by atoms with Crippen molar-refractivity contribution in [2.24, 2.45) is 7.05 Å². The molecular formula is C17H13BrN8O. The Balaban J connectivity index is 1.42. The maximum Gasteiger partial charge on any atom is 0.202 e. The van der Waals surface area contributed by atoms with Crippen LogP contribution in [-0.2, 0) is 13.8 Å². The second-order valence-corrected chi connectivity index (χ2v) is 6.84. The van der Waals surface area contributed by atoms with Crippen LogP contribution < -0.4 is 4.74 Å². The summed E-state index contributed by atoms with van der Waals surface area (Å²) in [6.45, 7) is 0.295. The van der Waals surface area contributed by atoms with Crippen LogP contribution in [0.4, 0.5) is 0 Å². The lowest BCUT2D eigenvalue weighted by molar-refractivity contribution is 0.221. The molecular weight excluding hydrogens is 412 g/mol. The summed E-state index contributed by atoms with van der Waals surface area (Å²) in [7, 11) is 1.84. The van der Waals surface area contributed by atoms with Gasteiger partial charge in [0.2, 0.25) is 5.82 Å². The molecule has 0 radical (unpaired) electrons. The number of fused-ring (bicyclic) bond motifs is 3. The van der Waals surface area contributed by atoms with Gasteiger partial charge in [-0.25, -0.2) is 19.2 Å². The second kappa shape index (κ2) is 6.16. The smallest absolute Gasteiger partial charge is 0.202 e. The molecule has 1 aromatic carbocycles. The molecule has 0 fully saturated rings. The first-order chi connectivity index (χ1) is 13.2. The molecule has 0 saturated heterocycles. The molecule has 10 heteroatoms. The number of rotatable bonds is 4. The Morgan fingerprint density at radius 2 is 1.93 bits per heavy atom. The molecule has 5 rings (SSSR count). The molecule has 0 aliphatic carbocycles. The molecule has 0 aliphatic rings. The number of hydrogen-bond acceptors (Lipinski definition) is 6. The van der Waals surface area contributed by atoms with Crippen LogP contribution >= 0.6 is 15.9 Å². The van der Waals surface area contributed by atoms with Crippen LogP contribution in [0.1, 0.15) is 0 Å². The van der Waals surface area contributed by atoms with Gasteiger partial charge in [-0.2, -0.15) is 10.2 Å². The quantitative estimate of drug-likeness (QED) is 0.440. The first-order valence-electron chi connectivity index (χ1n) is 8.13. The van der Waals surface area contributed by atoms with Gasteiger partial charge in [-0.1, -0.05) is 15.9 Å². The topological polar surface area (TPSA) is 88.0 Å². The van der Waals surface area contributed by atoms with Crippen LogP contribution in [0.25, 0.3) is 28.2 Å². The summed E-state index contributed by atoms with van der Waals surface area (Å²) in [6.07, 6.45) is 5.20. The lowest BCUT2D eigenvalue weighted by Gasteiger charge is -2.05. The molecule has 0 atom stereocenters. The average molecular weight is 425 g/mol. The number of halogens is 1. The van der Waals surface area contributed by atoms with Gasteiger partial charge in [-0.05, 0) is 30.3 Å². The standard InChI is InChI=1S/C17H13BrN8O/c1-24-16-13(8-20-24)17-21-15(23-26(17)9-19-16)14-6-7-25(22-14)10-27-12-4-2-11(18)3-5-12/h2-9H,10H2,1H3. The zero-order valence-electron chi connectivity index (χ0n) is 14.2. The number of aromatic nitrogens is 8. The molecule has 9 nitrogen and oxygen atoms in total. The van der Waals surface area contributed by atoms with Gasteiger partial charge in [0.15, 0.2) is 18.0 Å². The molecule has 4 heterocycles. The summed E-state index contributed by atoms with van der Waals surface area (Å²) >= 11 is 3.40. The lowest BCUT2D eigenvalue weighted by atomic mass is 10.3. The van der Waals surface area contributed by atoms with Crippen molar-refractivity contribution >= 4 is 32.6 Å². The van der Waals surface area contributed by atoms with E-state index in [0.717, 1.165) is 21.3 Å². The summed E-state index contributed by atoms with van der Waals surface area (Å²) in [5.74, 6) is 1.29. The Morgan fingerprint density at radius 1 is 1.07 bits per heavy atom. The molecule has 0 bridgehead atoms. The molecule has 0 aliphatic heterocycles. The summed E-state index contributed by atoms with van der Waals surface area (Å²) in [5, 5.41) is 14.0. The number of hydrogen-bond donors (Lipinski definition) is 0. The van der Waals surface area contributed by atoms with Crippen molar-refractivity contribution in [2.45, 2.75) is 6.73 Å². The number of ether oxygens (including phenoxy) is 1. The van der Waals surface area contributed by atoms with E-state index in [0.29, 0.717) is 23.9 Å². The fraction of sp³-hybridized carbons (Fsp3) is 0.118. The van der Waals surface area contributed by atoms with Crippen LogP contribution in [0.3, 0.4) is 0 Å². The molecule has 27 heavy (non-hydrogen) atoms. The third-order valence-corrected chi connectivity index (χ3v) is 4.64. The Morgan fingerprint density at radius 3 is 2.78 bits per heavy atom. The molecule has 134 valence electrons. The number of aryl methyl sites for hydroxylation is 1. The summed E-state index contributed by atoms with van der Waals surface area (Å²) in [6, 6.07) is 9.50. The monoisotopic (exact) mass is 424 g/mol. The molecule has 0 amide bonds. The highest BCUT2D eigenvalue weighted by molar-refractivity contribution is 9.10. The van der Waals surface area contributed by atoms with Gasteiger partial charge in [0.1, 0.15) is 17.8 Å². The van der Waals surface area contributed by atoms with E-state index >= 15 is 0 Å². The van der Waals surface area contributed by atoms with Crippen LogP contribution in [-0.4, -0.2) is 39.1 Å². The third kappa shape index (κ3) is 2.83. The fourth-order valence-electron chi connectivity index (χ4n) is 2.77. The predicted molar refractivity (Wildman–Crippen MR) is 101 cm³/mol. The van der Waals surface area contributed by atoms with E-state index in [1.807, 2.05) is 43.6 Å². The Hall–Kier alpha value is -3.27. The summed E-state index contributed by atoms with van der Waals surface area (Å²) in [4.78, 5) is 8.96. The minimum absolute atomic E-state index is 0.295. The van der Waals surface area contributed by atoms with Gasteiger partial charge in [0.05, 0.1) is 11.6 Å². The van der Waals surface area contributed by atoms with Crippen LogP contribution in [0.15, 0.2) is 53.5 Å². The minimum Gasteiger partial charge on any atom is -0.471 e. The van der Waals surface area contributed by atoms with Gasteiger partial charge in [-0.15, -0.1) is 5.10 Å². The van der Waals surface area contributed by atoms with Crippen molar-refractivity contribution in [3.05, 3.63) is 53.5 Å². The Labute approximate surface area is 161 Å². The highest BCUT2D eigenvalue weighted by Gasteiger charge is 2.14. The van der Waals surface area contributed by atoms with E-state index in [-0.39, 0.29) is 0 Å². The van der Waals surface area contributed by atoms with Crippen molar-refractivity contribution in [3.8, 4) is 17.3 Å². The summed E-state index contributed by atoms with van der Waals surface area (Å²) in [5.41, 5.74) is 2.12. The van der Waals surface area contributed by atoms with E-state index in [1.165, 1.54) is 0 Å². The van der Waals surface area contributed by atoms with Crippen LogP contribution in [0.5, 0.6) is 5.75 Å². The van der Waals surface area contributed by atoms with Crippen molar-refractivity contribution in [1.29, 1.82) is 0 Å². The maximum atomic E-state index is 5.73. The van der Waals surface area contributed by atoms with Crippen molar-refractivity contribution in [2.75, 3.05) is 0 Å². The first kappa shape index (κ1) is 15.9. The zero-order chi connectivity index (χ0) is 18.4. The lowest BCUT2D eigenvalue weighted by Crippen LogP contribution is -2.05. The fourth-order valence-corrected chi connectivity index (χ4v) is 3.04. The average Bonchev–Trinajstić information content (AvgIpc) is 3.39. The van der Waals surface area contributed by atoms with E-state index in [4.69, 9.17) is 4.74 Å². The van der Waals surface area contributed by atoms with Gasteiger partial charge in [0, 0.05) is 17.7 Å². The normalized spacial score (nSPS) is 11.5. The highest BCUT2D eigenvalue weighted by Crippen LogP contribution is 2.20. The molecule has 0 saturated carbocycles. The van der Waals surface area contributed by atoms with Gasteiger partial charge in [-0.3, -0.25) is 4.68 Å².